The minimum Gasteiger partial charge on any atom is -0.283 e. The average Bonchev–Trinajstić information content (AvgIpc) is 2.91. The molecule has 0 saturated carbocycles. The molecule has 0 aliphatic carbocycles. The first-order chi connectivity index (χ1) is 9.61. The third-order valence-electron chi connectivity index (χ3n) is 2.72. The highest BCUT2D eigenvalue weighted by Gasteiger charge is 2.12. The largest absolute Gasteiger partial charge is 0.283 e. The molecular weight excluding hydrogens is 298 g/mol. The SMILES string of the molecule is O=S(=O)(CCCCl)Nc1ccccc1Cn1cccn1. The lowest BCUT2D eigenvalue weighted by atomic mass is 10.2. The molecule has 0 radical (unpaired) electrons. The van der Waals surface area contributed by atoms with E-state index in [0.29, 0.717) is 24.5 Å². The van der Waals surface area contributed by atoms with Crippen LogP contribution in [0.2, 0.25) is 0 Å². The first-order valence-electron chi connectivity index (χ1n) is 6.22. The average molecular weight is 314 g/mol. The van der Waals surface area contributed by atoms with E-state index in [-0.39, 0.29) is 5.75 Å². The number of para-hydroxylation sites is 1. The predicted molar refractivity (Wildman–Crippen MR) is 80.5 cm³/mol. The number of sulfonamides is 1. The van der Waals surface area contributed by atoms with E-state index in [2.05, 4.69) is 9.82 Å². The molecule has 2 aromatic rings. The van der Waals surface area contributed by atoms with E-state index in [9.17, 15) is 8.42 Å². The first kappa shape index (κ1) is 14.9. The summed E-state index contributed by atoms with van der Waals surface area (Å²) in [7, 11) is -3.36. The molecule has 0 aliphatic rings. The van der Waals surface area contributed by atoms with Gasteiger partial charge in [-0.2, -0.15) is 5.10 Å². The molecular formula is C13H16ClN3O2S. The van der Waals surface area contributed by atoms with Gasteiger partial charge in [-0.15, -0.1) is 11.6 Å². The van der Waals surface area contributed by atoms with Crippen LogP contribution in [0.1, 0.15) is 12.0 Å². The lowest BCUT2D eigenvalue weighted by Crippen LogP contribution is -2.18. The van der Waals surface area contributed by atoms with Gasteiger partial charge in [-0.05, 0) is 24.1 Å². The number of benzene rings is 1. The van der Waals surface area contributed by atoms with Crippen molar-refractivity contribution in [1.82, 2.24) is 9.78 Å². The van der Waals surface area contributed by atoms with Crippen molar-refractivity contribution < 1.29 is 8.42 Å². The number of hydrogen-bond acceptors (Lipinski definition) is 3. The molecule has 0 saturated heterocycles. The van der Waals surface area contributed by atoms with Crippen molar-refractivity contribution in [3.63, 3.8) is 0 Å². The summed E-state index contributed by atoms with van der Waals surface area (Å²) in [6.45, 7) is 0.515. The topological polar surface area (TPSA) is 64.0 Å². The zero-order valence-electron chi connectivity index (χ0n) is 10.9. The fourth-order valence-electron chi connectivity index (χ4n) is 1.79. The van der Waals surface area contributed by atoms with Crippen LogP contribution >= 0.6 is 11.6 Å². The Morgan fingerprint density at radius 2 is 2.05 bits per heavy atom. The second kappa shape index (κ2) is 6.76. The Labute approximate surface area is 123 Å². The van der Waals surface area contributed by atoms with Crippen molar-refractivity contribution in [2.45, 2.75) is 13.0 Å². The highest BCUT2D eigenvalue weighted by molar-refractivity contribution is 7.92. The van der Waals surface area contributed by atoms with E-state index < -0.39 is 10.0 Å². The predicted octanol–water partition coefficient (Wildman–Crippen LogP) is 2.30. The molecule has 0 aliphatic heterocycles. The van der Waals surface area contributed by atoms with Crippen molar-refractivity contribution in [3.8, 4) is 0 Å². The van der Waals surface area contributed by atoms with Crippen LogP contribution in [0.4, 0.5) is 5.69 Å². The van der Waals surface area contributed by atoms with E-state index >= 15 is 0 Å². The van der Waals surface area contributed by atoms with Crippen LogP contribution in [-0.4, -0.2) is 29.8 Å². The van der Waals surface area contributed by atoms with Gasteiger partial charge < -0.3 is 0 Å². The Morgan fingerprint density at radius 3 is 2.75 bits per heavy atom. The van der Waals surface area contributed by atoms with Gasteiger partial charge in [0.05, 0.1) is 18.0 Å². The standard InChI is InChI=1S/C13H16ClN3O2S/c14-7-3-10-20(18,19)16-13-6-2-1-5-12(13)11-17-9-4-8-15-17/h1-2,4-6,8-9,16H,3,7,10-11H2. The number of anilines is 1. The number of rotatable bonds is 7. The Balaban J connectivity index is 2.15. The highest BCUT2D eigenvalue weighted by Crippen LogP contribution is 2.18. The molecule has 2 rings (SSSR count). The minimum atomic E-state index is -3.36. The summed E-state index contributed by atoms with van der Waals surface area (Å²) in [5.74, 6) is 0.350. The van der Waals surface area contributed by atoms with Gasteiger partial charge >= 0.3 is 0 Å². The summed E-state index contributed by atoms with van der Waals surface area (Å²) >= 11 is 5.53. The zero-order valence-corrected chi connectivity index (χ0v) is 12.4. The van der Waals surface area contributed by atoms with Gasteiger partial charge in [0.25, 0.3) is 0 Å². The van der Waals surface area contributed by atoms with Crippen LogP contribution in [0.25, 0.3) is 0 Å². The van der Waals surface area contributed by atoms with Gasteiger partial charge in [-0.1, -0.05) is 18.2 Å². The first-order valence-corrected chi connectivity index (χ1v) is 8.41. The summed E-state index contributed by atoms with van der Waals surface area (Å²) < 4.78 is 28.2. The van der Waals surface area contributed by atoms with Crippen molar-refractivity contribution in [3.05, 3.63) is 48.3 Å². The van der Waals surface area contributed by atoms with E-state index in [1.54, 1.807) is 23.0 Å². The van der Waals surface area contributed by atoms with Crippen molar-refractivity contribution in [1.29, 1.82) is 0 Å². The number of nitrogens with zero attached hydrogens (tertiary/aromatic N) is 2. The smallest absolute Gasteiger partial charge is 0.232 e. The third-order valence-corrected chi connectivity index (χ3v) is 4.35. The molecule has 108 valence electrons. The van der Waals surface area contributed by atoms with E-state index in [0.717, 1.165) is 5.56 Å². The molecule has 20 heavy (non-hydrogen) atoms. The molecule has 1 aromatic carbocycles. The van der Waals surface area contributed by atoms with Gasteiger partial charge in [0.1, 0.15) is 0 Å². The molecule has 7 heteroatoms. The molecule has 0 amide bonds. The lowest BCUT2D eigenvalue weighted by Gasteiger charge is -2.12. The Bertz CT molecular complexity index is 641. The normalized spacial score (nSPS) is 11.4. The van der Waals surface area contributed by atoms with Crippen LogP contribution < -0.4 is 4.72 Å². The van der Waals surface area contributed by atoms with E-state index in [4.69, 9.17) is 11.6 Å². The fourth-order valence-corrected chi connectivity index (χ4v) is 3.24. The van der Waals surface area contributed by atoms with Gasteiger partial charge in [0, 0.05) is 18.3 Å². The second-order valence-corrected chi connectivity index (χ2v) is 6.54. The van der Waals surface area contributed by atoms with Gasteiger partial charge in [0.2, 0.25) is 10.0 Å². The van der Waals surface area contributed by atoms with Crippen LogP contribution in [0.3, 0.4) is 0 Å². The molecule has 1 heterocycles. The molecule has 1 aromatic heterocycles. The highest BCUT2D eigenvalue weighted by atomic mass is 35.5. The summed E-state index contributed by atoms with van der Waals surface area (Å²) in [6, 6.07) is 9.12. The quantitative estimate of drug-likeness (QED) is 0.798. The van der Waals surface area contributed by atoms with Crippen molar-refractivity contribution in [2.75, 3.05) is 16.4 Å². The Kier molecular flexibility index (Phi) is 5.03. The molecule has 0 spiro atoms. The number of aromatic nitrogens is 2. The molecule has 0 atom stereocenters. The Morgan fingerprint density at radius 1 is 1.25 bits per heavy atom. The number of halogens is 1. The van der Waals surface area contributed by atoms with Crippen molar-refractivity contribution >= 4 is 27.3 Å². The molecule has 0 bridgehead atoms. The maximum Gasteiger partial charge on any atom is 0.232 e. The van der Waals surface area contributed by atoms with E-state index in [1.165, 1.54) is 0 Å². The molecule has 0 unspecified atom stereocenters. The summed E-state index contributed by atoms with van der Waals surface area (Å²) in [5, 5.41) is 4.12. The van der Waals surface area contributed by atoms with Crippen molar-refractivity contribution in [2.24, 2.45) is 0 Å². The van der Waals surface area contributed by atoms with Crippen LogP contribution in [-0.2, 0) is 16.6 Å². The number of alkyl halides is 1. The lowest BCUT2D eigenvalue weighted by molar-refractivity contribution is 0.599. The summed E-state index contributed by atoms with van der Waals surface area (Å²) in [6.07, 6.45) is 3.95. The molecule has 5 nitrogen and oxygen atoms in total. The molecule has 0 fully saturated rings. The third kappa shape index (κ3) is 4.25. The number of hydrogen-bond donors (Lipinski definition) is 1. The van der Waals surface area contributed by atoms with Gasteiger partial charge in [0.15, 0.2) is 0 Å². The fraction of sp³-hybridized carbons (Fsp3) is 0.308. The maximum absolute atomic E-state index is 11.9. The maximum atomic E-state index is 11.9. The minimum absolute atomic E-state index is 0.0204. The Hall–Kier alpha value is -1.53. The monoisotopic (exact) mass is 313 g/mol. The van der Waals surface area contributed by atoms with E-state index in [1.807, 2.05) is 24.4 Å². The molecule has 1 N–H and O–H groups in total. The number of nitrogens with one attached hydrogen (secondary N) is 1. The van der Waals surface area contributed by atoms with Gasteiger partial charge in [-0.25, -0.2) is 8.42 Å². The van der Waals surface area contributed by atoms with Crippen LogP contribution in [0, 0.1) is 0 Å². The van der Waals surface area contributed by atoms with Crippen LogP contribution in [0.5, 0.6) is 0 Å². The second-order valence-electron chi connectivity index (χ2n) is 4.32. The van der Waals surface area contributed by atoms with Crippen LogP contribution in [0.15, 0.2) is 42.7 Å². The summed E-state index contributed by atoms with van der Waals surface area (Å²) in [4.78, 5) is 0. The summed E-state index contributed by atoms with van der Waals surface area (Å²) in [5.41, 5.74) is 1.45. The van der Waals surface area contributed by atoms with Gasteiger partial charge in [-0.3, -0.25) is 9.40 Å². The zero-order chi connectivity index (χ0) is 14.4.